The molecule has 1 amide bonds. The number of aromatic nitrogens is 2. The van der Waals surface area contributed by atoms with E-state index in [0.717, 1.165) is 0 Å². The highest BCUT2D eigenvalue weighted by Gasteiger charge is 2.12. The fraction of sp³-hybridized carbons (Fsp3) is 0.167. The van der Waals surface area contributed by atoms with Crippen LogP contribution in [-0.4, -0.2) is 21.2 Å². The van der Waals surface area contributed by atoms with Gasteiger partial charge in [-0.15, -0.1) is 0 Å². The molecule has 0 unspecified atom stereocenters. The Kier molecular flexibility index (Phi) is 5.86. The van der Waals surface area contributed by atoms with Gasteiger partial charge in [-0.05, 0) is 37.3 Å². The number of amides is 1. The average Bonchev–Trinajstić information content (AvgIpc) is 2.63. The first kappa shape index (κ1) is 18.8. The van der Waals surface area contributed by atoms with Crippen molar-refractivity contribution < 1.29 is 4.79 Å². The van der Waals surface area contributed by atoms with Crippen LogP contribution in [0.25, 0.3) is 10.9 Å². The van der Waals surface area contributed by atoms with E-state index in [2.05, 4.69) is 10.3 Å². The molecule has 3 rings (SSSR count). The van der Waals surface area contributed by atoms with Crippen molar-refractivity contribution in [2.75, 3.05) is 11.1 Å². The van der Waals surface area contributed by atoms with Crippen LogP contribution in [-0.2, 0) is 11.3 Å². The second-order valence-corrected chi connectivity index (χ2v) is 7.18. The highest BCUT2D eigenvalue weighted by molar-refractivity contribution is 7.99. The minimum atomic E-state index is -0.224. The minimum absolute atomic E-state index is 0.106. The zero-order valence-electron chi connectivity index (χ0n) is 13.8. The average molecular weight is 408 g/mol. The van der Waals surface area contributed by atoms with Crippen molar-refractivity contribution in [1.29, 1.82) is 0 Å². The van der Waals surface area contributed by atoms with Gasteiger partial charge in [0.25, 0.3) is 5.56 Å². The van der Waals surface area contributed by atoms with Gasteiger partial charge in [-0.1, -0.05) is 47.1 Å². The third-order valence-electron chi connectivity index (χ3n) is 3.68. The molecular weight excluding hydrogens is 393 g/mol. The van der Waals surface area contributed by atoms with Gasteiger partial charge >= 0.3 is 0 Å². The van der Waals surface area contributed by atoms with Crippen LogP contribution in [0.3, 0.4) is 0 Å². The molecule has 0 aliphatic carbocycles. The minimum Gasteiger partial charge on any atom is -0.325 e. The Balaban J connectivity index is 1.77. The Morgan fingerprint density at radius 1 is 1.19 bits per heavy atom. The summed E-state index contributed by atoms with van der Waals surface area (Å²) in [4.78, 5) is 29.3. The first-order valence-electron chi connectivity index (χ1n) is 7.87. The molecule has 5 nitrogen and oxygen atoms in total. The predicted molar refractivity (Wildman–Crippen MR) is 107 cm³/mol. The SMILES string of the molecule is CCn1c(SCC(=O)Nc2ccc(Cl)c(Cl)c2)nc2ccccc2c1=O. The molecule has 0 atom stereocenters. The molecule has 8 heteroatoms. The van der Waals surface area contributed by atoms with Crippen molar-refractivity contribution in [3.8, 4) is 0 Å². The molecule has 0 saturated heterocycles. The maximum Gasteiger partial charge on any atom is 0.262 e. The van der Waals surface area contributed by atoms with E-state index in [9.17, 15) is 9.59 Å². The topological polar surface area (TPSA) is 64.0 Å². The monoisotopic (exact) mass is 407 g/mol. The molecule has 0 saturated carbocycles. The number of fused-ring (bicyclic) bond motifs is 1. The van der Waals surface area contributed by atoms with Crippen LogP contribution in [0.5, 0.6) is 0 Å². The van der Waals surface area contributed by atoms with E-state index in [4.69, 9.17) is 23.2 Å². The molecular formula is C18H15Cl2N3O2S. The van der Waals surface area contributed by atoms with Crippen LogP contribution in [0.15, 0.2) is 52.4 Å². The van der Waals surface area contributed by atoms with E-state index >= 15 is 0 Å². The zero-order chi connectivity index (χ0) is 18.7. The van der Waals surface area contributed by atoms with Gasteiger partial charge in [0.15, 0.2) is 5.16 Å². The fourth-order valence-corrected chi connectivity index (χ4v) is 3.60. The molecule has 0 radical (unpaired) electrons. The molecule has 3 aromatic rings. The summed E-state index contributed by atoms with van der Waals surface area (Å²) in [6.45, 7) is 2.35. The van der Waals surface area contributed by atoms with E-state index < -0.39 is 0 Å². The molecule has 1 heterocycles. The number of carbonyl (C=O) groups is 1. The van der Waals surface area contributed by atoms with Crippen LogP contribution in [0.1, 0.15) is 6.92 Å². The van der Waals surface area contributed by atoms with Crippen LogP contribution in [0, 0.1) is 0 Å². The van der Waals surface area contributed by atoms with Crippen molar-refractivity contribution in [1.82, 2.24) is 9.55 Å². The molecule has 0 aliphatic heterocycles. The summed E-state index contributed by atoms with van der Waals surface area (Å²) in [5, 5.41) is 4.63. The van der Waals surface area contributed by atoms with Gasteiger partial charge in [-0.2, -0.15) is 0 Å². The number of halogens is 2. The number of hydrogen-bond acceptors (Lipinski definition) is 4. The fourth-order valence-electron chi connectivity index (χ4n) is 2.44. The van der Waals surface area contributed by atoms with Gasteiger partial charge in [0.2, 0.25) is 5.91 Å². The number of anilines is 1. The molecule has 0 fully saturated rings. The summed E-state index contributed by atoms with van der Waals surface area (Å²) in [5.74, 6) is -0.108. The quantitative estimate of drug-likeness (QED) is 0.500. The largest absolute Gasteiger partial charge is 0.325 e. The Morgan fingerprint density at radius 2 is 1.96 bits per heavy atom. The third-order valence-corrected chi connectivity index (χ3v) is 5.39. The Hall–Kier alpha value is -2.02. The highest BCUT2D eigenvalue weighted by Crippen LogP contribution is 2.25. The van der Waals surface area contributed by atoms with Crippen LogP contribution in [0.2, 0.25) is 10.0 Å². The van der Waals surface area contributed by atoms with Gasteiger partial charge < -0.3 is 5.32 Å². The van der Waals surface area contributed by atoms with Crippen LogP contribution < -0.4 is 10.9 Å². The van der Waals surface area contributed by atoms with Crippen LogP contribution >= 0.6 is 35.0 Å². The summed E-state index contributed by atoms with van der Waals surface area (Å²) in [6, 6.07) is 12.1. The van der Waals surface area contributed by atoms with Gasteiger partial charge in [0.1, 0.15) is 0 Å². The standard InChI is InChI=1S/C18H15Cl2N3O2S/c1-2-23-17(25)12-5-3-4-6-15(12)22-18(23)26-10-16(24)21-11-7-8-13(19)14(20)9-11/h3-9H,2,10H2,1H3,(H,21,24). The molecule has 0 spiro atoms. The van der Waals surface area contributed by atoms with E-state index in [1.165, 1.54) is 11.8 Å². The van der Waals surface area contributed by atoms with Gasteiger partial charge in [0, 0.05) is 12.2 Å². The first-order valence-corrected chi connectivity index (χ1v) is 9.61. The Labute approximate surface area is 164 Å². The normalized spacial score (nSPS) is 10.9. The van der Waals surface area contributed by atoms with E-state index in [1.54, 1.807) is 34.9 Å². The third kappa shape index (κ3) is 4.03. The molecule has 26 heavy (non-hydrogen) atoms. The molecule has 2 aromatic carbocycles. The predicted octanol–water partition coefficient (Wildman–Crippen LogP) is 4.45. The van der Waals surface area contributed by atoms with Crippen molar-refractivity contribution >= 4 is 57.5 Å². The van der Waals surface area contributed by atoms with Crippen LogP contribution in [0.4, 0.5) is 5.69 Å². The van der Waals surface area contributed by atoms with E-state index in [1.807, 2.05) is 19.1 Å². The number of thioether (sulfide) groups is 1. The first-order chi connectivity index (χ1) is 12.5. The highest BCUT2D eigenvalue weighted by atomic mass is 35.5. The summed E-state index contributed by atoms with van der Waals surface area (Å²) in [5.41, 5.74) is 1.07. The Bertz CT molecular complexity index is 1040. The van der Waals surface area contributed by atoms with Crippen molar-refractivity contribution in [3.05, 3.63) is 62.9 Å². The molecule has 0 aliphatic rings. The lowest BCUT2D eigenvalue weighted by molar-refractivity contribution is -0.113. The summed E-state index contributed by atoms with van der Waals surface area (Å²) in [6.07, 6.45) is 0. The summed E-state index contributed by atoms with van der Waals surface area (Å²) < 4.78 is 1.57. The number of carbonyl (C=O) groups excluding carboxylic acids is 1. The lowest BCUT2D eigenvalue weighted by Gasteiger charge is -2.11. The van der Waals surface area contributed by atoms with Gasteiger partial charge in [0.05, 0.1) is 26.7 Å². The van der Waals surface area contributed by atoms with Crippen molar-refractivity contribution in [3.63, 3.8) is 0 Å². The van der Waals surface area contributed by atoms with Crippen molar-refractivity contribution in [2.45, 2.75) is 18.6 Å². The lowest BCUT2D eigenvalue weighted by atomic mass is 10.2. The lowest BCUT2D eigenvalue weighted by Crippen LogP contribution is -2.23. The second kappa shape index (κ2) is 8.12. The molecule has 1 N–H and O–H groups in total. The van der Waals surface area contributed by atoms with Gasteiger partial charge in [-0.25, -0.2) is 4.98 Å². The zero-order valence-corrected chi connectivity index (χ0v) is 16.2. The molecule has 0 bridgehead atoms. The maximum atomic E-state index is 12.6. The van der Waals surface area contributed by atoms with Gasteiger partial charge in [-0.3, -0.25) is 14.2 Å². The van der Waals surface area contributed by atoms with Crippen molar-refractivity contribution in [2.24, 2.45) is 0 Å². The summed E-state index contributed by atoms with van der Waals surface area (Å²) in [7, 11) is 0. The number of benzene rings is 2. The maximum absolute atomic E-state index is 12.6. The summed E-state index contributed by atoms with van der Waals surface area (Å²) >= 11 is 13.0. The molecule has 134 valence electrons. The number of nitrogens with zero attached hydrogens (tertiary/aromatic N) is 2. The Morgan fingerprint density at radius 3 is 2.69 bits per heavy atom. The number of nitrogens with one attached hydrogen (secondary N) is 1. The number of para-hydroxylation sites is 1. The smallest absolute Gasteiger partial charge is 0.262 e. The second-order valence-electron chi connectivity index (χ2n) is 5.43. The van der Waals surface area contributed by atoms with E-state index in [-0.39, 0.29) is 17.2 Å². The number of rotatable bonds is 5. The number of hydrogen-bond donors (Lipinski definition) is 1. The van der Waals surface area contributed by atoms with E-state index in [0.29, 0.717) is 38.3 Å². The molecule has 1 aromatic heterocycles.